The summed E-state index contributed by atoms with van der Waals surface area (Å²) in [6.45, 7) is 7.19. The van der Waals surface area contributed by atoms with Gasteiger partial charge in [0.05, 0.1) is 0 Å². The lowest BCUT2D eigenvalue weighted by atomic mass is 10.1. The van der Waals surface area contributed by atoms with E-state index in [1.54, 1.807) is 17.9 Å². The van der Waals surface area contributed by atoms with E-state index in [4.69, 9.17) is 0 Å². The Kier molecular flexibility index (Phi) is 6.82. The molecule has 1 saturated heterocycles. The second-order valence-corrected chi connectivity index (χ2v) is 6.45. The molecule has 0 bridgehead atoms. The normalized spacial score (nSPS) is 15.8. The lowest BCUT2D eigenvalue weighted by Crippen LogP contribution is -2.48. The fraction of sp³-hybridized carbons (Fsp3) is 0.500. The van der Waals surface area contributed by atoms with Crippen LogP contribution >= 0.6 is 0 Å². The molecule has 0 aliphatic carbocycles. The number of nitrogens with one attached hydrogen (secondary N) is 4. The van der Waals surface area contributed by atoms with Gasteiger partial charge >= 0.3 is 12.1 Å². The van der Waals surface area contributed by atoms with E-state index in [0.29, 0.717) is 25.3 Å². The van der Waals surface area contributed by atoms with Crippen molar-refractivity contribution in [3.63, 3.8) is 0 Å². The van der Waals surface area contributed by atoms with Crippen LogP contribution in [0.3, 0.4) is 0 Å². The average Bonchev–Trinajstić information content (AvgIpc) is 3.01. The van der Waals surface area contributed by atoms with Gasteiger partial charge in [-0.15, -0.1) is 0 Å². The van der Waals surface area contributed by atoms with E-state index in [9.17, 15) is 14.4 Å². The predicted octanol–water partition coefficient (Wildman–Crippen LogP) is 1.64. The van der Waals surface area contributed by atoms with Crippen LogP contribution in [-0.2, 0) is 11.3 Å². The van der Waals surface area contributed by atoms with Crippen LogP contribution in [0.2, 0.25) is 0 Å². The summed E-state index contributed by atoms with van der Waals surface area (Å²) in [5.41, 5.74) is 1.44. The molecule has 0 aromatic heterocycles. The van der Waals surface area contributed by atoms with E-state index >= 15 is 0 Å². The van der Waals surface area contributed by atoms with E-state index in [0.717, 1.165) is 12.0 Å². The third-order valence-electron chi connectivity index (χ3n) is 4.31. The standard InChI is InChI=1S/C18H27N5O3/c1-4-12(2)20-16(24)13(3)21-17(25)22-15-8-6-5-7-14(15)11-23-10-9-19-18(23)26/h5-8,12-13H,4,9-11H2,1-3H3,(H,19,26)(H,20,24)(H2,21,22,25). The number of carbonyl (C=O) groups excluding carboxylic acids is 3. The number of hydrogen-bond acceptors (Lipinski definition) is 3. The predicted molar refractivity (Wildman–Crippen MR) is 99.8 cm³/mol. The Morgan fingerprint density at radius 3 is 2.62 bits per heavy atom. The van der Waals surface area contributed by atoms with Crippen LogP contribution in [0, 0.1) is 0 Å². The van der Waals surface area contributed by atoms with Gasteiger partial charge in [-0.1, -0.05) is 25.1 Å². The Morgan fingerprint density at radius 1 is 1.23 bits per heavy atom. The van der Waals surface area contributed by atoms with Crippen molar-refractivity contribution in [2.75, 3.05) is 18.4 Å². The summed E-state index contributed by atoms with van der Waals surface area (Å²) in [7, 11) is 0. The van der Waals surface area contributed by atoms with Crippen molar-refractivity contribution >= 4 is 23.7 Å². The lowest BCUT2D eigenvalue weighted by Gasteiger charge is -2.20. The van der Waals surface area contributed by atoms with Gasteiger partial charge in [0.1, 0.15) is 6.04 Å². The number of hydrogen-bond donors (Lipinski definition) is 4. The SMILES string of the molecule is CCC(C)NC(=O)C(C)NC(=O)Nc1ccccc1CN1CCNC1=O. The van der Waals surface area contributed by atoms with Crippen molar-refractivity contribution in [3.05, 3.63) is 29.8 Å². The van der Waals surface area contributed by atoms with E-state index in [-0.39, 0.29) is 18.0 Å². The van der Waals surface area contributed by atoms with Gasteiger partial charge in [0.15, 0.2) is 0 Å². The third kappa shape index (κ3) is 5.37. The molecule has 2 rings (SSSR count). The van der Waals surface area contributed by atoms with Crippen molar-refractivity contribution in [3.8, 4) is 0 Å². The summed E-state index contributed by atoms with van der Waals surface area (Å²) in [6, 6.07) is 6.13. The van der Waals surface area contributed by atoms with Crippen molar-refractivity contribution < 1.29 is 14.4 Å². The van der Waals surface area contributed by atoms with E-state index in [2.05, 4.69) is 21.3 Å². The zero-order valence-electron chi connectivity index (χ0n) is 15.5. The summed E-state index contributed by atoms with van der Waals surface area (Å²) in [4.78, 5) is 37.7. The molecule has 26 heavy (non-hydrogen) atoms. The van der Waals surface area contributed by atoms with Crippen molar-refractivity contribution in [2.45, 2.75) is 45.8 Å². The first-order valence-corrected chi connectivity index (χ1v) is 8.89. The van der Waals surface area contributed by atoms with E-state index < -0.39 is 12.1 Å². The molecule has 8 heteroatoms. The molecule has 0 spiro atoms. The van der Waals surface area contributed by atoms with Crippen LogP contribution in [0.5, 0.6) is 0 Å². The number of para-hydroxylation sites is 1. The van der Waals surface area contributed by atoms with E-state index in [1.165, 1.54) is 0 Å². The maximum atomic E-state index is 12.2. The molecule has 1 aromatic rings. The second kappa shape index (κ2) is 9.07. The number of carbonyl (C=O) groups is 3. The molecule has 8 nitrogen and oxygen atoms in total. The van der Waals surface area contributed by atoms with Crippen LogP contribution < -0.4 is 21.3 Å². The number of nitrogens with zero attached hydrogens (tertiary/aromatic N) is 1. The fourth-order valence-electron chi connectivity index (χ4n) is 2.54. The minimum absolute atomic E-state index is 0.0575. The van der Waals surface area contributed by atoms with Crippen LogP contribution in [0.15, 0.2) is 24.3 Å². The summed E-state index contributed by atoms with van der Waals surface area (Å²) in [5, 5.41) is 11.0. The quantitative estimate of drug-likeness (QED) is 0.594. The zero-order valence-corrected chi connectivity index (χ0v) is 15.5. The first kappa shape index (κ1) is 19.6. The summed E-state index contributed by atoms with van der Waals surface area (Å²) in [5.74, 6) is -0.225. The zero-order chi connectivity index (χ0) is 19.1. The number of amides is 5. The van der Waals surface area contributed by atoms with Crippen molar-refractivity contribution in [1.82, 2.24) is 20.9 Å². The molecule has 2 atom stereocenters. The minimum atomic E-state index is -0.652. The average molecular weight is 361 g/mol. The highest BCUT2D eigenvalue weighted by Gasteiger charge is 2.21. The number of benzene rings is 1. The molecule has 1 heterocycles. The number of urea groups is 2. The Balaban J connectivity index is 1.94. The summed E-state index contributed by atoms with van der Waals surface area (Å²) in [6.07, 6.45) is 0.822. The van der Waals surface area contributed by atoms with Gasteiger partial charge in [0, 0.05) is 31.4 Å². The van der Waals surface area contributed by atoms with E-state index in [1.807, 2.05) is 32.0 Å². The van der Waals surface area contributed by atoms with Crippen LogP contribution in [0.4, 0.5) is 15.3 Å². The van der Waals surface area contributed by atoms with Gasteiger partial charge < -0.3 is 26.2 Å². The highest BCUT2D eigenvalue weighted by Crippen LogP contribution is 2.18. The van der Waals surface area contributed by atoms with Gasteiger partial charge in [-0.3, -0.25) is 4.79 Å². The Hall–Kier alpha value is -2.77. The van der Waals surface area contributed by atoms with Crippen LogP contribution in [0.1, 0.15) is 32.8 Å². The first-order valence-electron chi connectivity index (χ1n) is 8.89. The molecule has 1 aromatic carbocycles. The van der Waals surface area contributed by atoms with Gasteiger partial charge in [0.2, 0.25) is 5.91 Å². The van der Waals surface area contributed by atoms with Gasteiger partial charge in [0.25, 0.3) is 0 Å². The van der Waals surface area contributed by atoms with Crippen molar-refractivity contribution in [2.24, 2.45) is 0 Å². The molecule has 1 aliphatic rings. The molecule has 1 aliphatic heterocycles. The summed E-state index contributed by atoms with van der Waals surface area (Å²) >= 11 is 0. The highest BCUT2D eigenvalue weighted by molar-refractivity contribution is 5.94. The maximum absolute atomic E-state index is 12.2. The molecular weight excluding hydrogens is 334 g/mol. The smallest absolute Gasteiger partial charge is 0.319 e. The van der Waals surface area contributed by atoms with Gasteiger partial charge in [-0.2, -0.15) is 0 Å². The molecule has 1 fully saturated rings. The lowest BCUT2D eigenvalue weighted by molar-refractivity contribution is -0.123. The number of rotatable bonds is 7. The number of anilines is 1. The van der Waals surface area contributed by atoms with Gasteiger partial charge in [-0.05, 0) is 31.9 Å². The molecule has 142 valence electrons. The highest BCUT2D eigenvalue weighted by atomic mass is 16.2. The molecule has 2 unspecified atom stereocenters. The molecule has 0 saturated carbocycles. The minimum Gasteiger partial charge on any atom is -0.352 e. The van der Waals surface area contributed by atoms with Crippen molar-refractivity contribution in [1.29, 1.82) is 0 Å². The monoisotopic (exact) mass is 361 g/mol. The van der Waals surface area contributed by atoms with Gasteiger partial charge in [-0.25, -0.2) is 9.59 Å². The Morgan fingerprint density at radius 2 is 1.96 bits per heavy atom. The Bertz CT molecular complexity index is 664. The second-order valence-electron chi connectivity index (χ2n) is 6.45. The van der Waals surface area contributed by atoms with Crippen LogP contribution in [-0.4, -0.2) is 48.0 Å². The fourth-order valence-corrected chi connectivity index (χ4v) is 2.54. The summed E-state index contributed by atoms with van der Waals surface area (Å²) < 4.78 is 0. The molecule has 0 radical (unpaired) electrons. The third-order valence-corrected chi connectivity index (χ3v) is 4.31. The molecule has 5 amide bonds. The molecule has 4 N–H and O–H groups in total. The maximum Gasteiger partial charge on any atom is 0.319 e. The topological polar surface area (TPSA) is 103 Å². The first-order chi connectivity index (χ1) is 12.4. The largest absolute Gasteiger partial charge is 0.352 e. The van der Waals surface area contributed by atoms with Crippen LogP contribution in [0.25, 0.3) is 0 Å². The Labute approximate surface area is 153 Å². The molecular formula is C18H27N5O3.